The first-order valence-electron chi connectivity index (χ1n) is 7.80. The van der Waals surface area contributed by atoms with Crippen molar-refractivity contribution in [2.24, 2.45) is 0 Å². The average Bonchev–Trinajstić information content (AvgIpc) is 2.94. The van der Waals surface area contributed by atoms with E-state index in [1.807, 2.05) is 30.3 Å². The number of carbonyl (C=O) groups is 1. The van der Waals surface area contributed by atoms with Gasteiger partial charge in [0.25, 0.3) is 5.91 Å². The highest BCUT2D eigenvalue weighted by atomic mass is 19.1. The Kier molecular flexibility index (Phi) is 5.05. The predicted molar refractivity (Wildman–Crippen MR) is 87.9 cm³/mol. The van der Waals surface area contributed by atoms with E-state index in [-0.39, 0.29) is 13.2 Å². The predicted octanol–water partition coefficient (Wildman–Crippen LogP) is 2.73. The molecule has 1 saturated heterocycles. The van der Waals surface area contributed by atoms with E-state index >= 15 is 0 Å². The van der Waals surface area contributed by atoms with Gasteiger partial charge in [-0.25, -0.2) is 9.37 Å². The Hall–Kier alpha value is -2.47. The first-order valence-corrected chi connectivity index (χ1v) is 7.80. The molecule has 0 saturated carbocycles. The van der Waals surface area contributed by atoms with Crippen LogP contribution in [0.15, 0.2) is 42.5 Å². The summed E-state index contributed by atoms with van der Waals surface area (Å²) in [6, 6.07) is 13.3. The maximum Gasteiger partial charge on any atom is 0.262 e. The summed E-state index contributed by atoms with van der Waals surface area (Å²) in [6.07, 6.45) is -0.681. The summed E-state index contributed by atoms with van der Waals surface area (Å²) in [6.45, 7) is 0.452. The largest absolute Gasteiger partial charge is 0.466 e. The highest BCUT2D eigenvalue weighted by Gasteiger charge is 2.33. The van der Waals surface area contributed by atoms with Crippen molar-refractivity contribution in [3.8, 4) is 5.75 Å². The van der Waals surface area contributed by atoms with Gasteiger partial charge in [0.2, 0.25) is 0 Å². The Labute approximate surface area is 140 Å². The Balaban J connectivity index is 1.90. The van der Waals surface area contributed by atoms with Gasteiger partial charge in [0, 0.05) is 26.5 Å². The molecule has 2 aromatic rings. The highest BCUT2D eigenvalue weighted by molar-refractivity contribution is 5.97. The monoisotopic (exact) mass is 330 g/mol. The summed E-state index contributed by atoms with van der Waals surface area (Å²) < 4.78 is 24.0. The van der Waals surface area contributed by atoms with Crippen LogP contribution in [0.4, 0.5) is 10.2 Å². The zero-order valence-corrected chi connectivity index (χ0v) is 13.4. The number of pyridine rings is 1. The molecule has 1 amide bonds. The molecule has 1 aliphatic rings. The molecule has 0 bridgehead atoms. The van der Waals surface area contributed by atoms with Crippen LogP contribution in [0, 0.1) is 0 Å². The molecule has 1 fully saturated rings. The van der Waals surface area contributed by atoms with Crippen molar-refractivity contribution >= 4 is 11.7 Å². The van der Waals surface area contributed by atoms with Crippen molar-refractivity contribution in [3.63, 3.8) is 0 Å². The van der Waals surface area contributed by atoms with Crippen molar-refractivity contribution in [1.82, 2.24) is 4.98 Å². The van der Waals surface area contributed by atoms with Crippen molar-refractivity contribution in [2.45, 2.75) is 19.0 Å². The summed E-state index contributed by atoms with van der Waals surface area (Å²) in [5.41, 5.74) is 1.76. The van der Waals surface area contributed by atoms with E-state index in [1.165, 1.54) is 4.90 Å². The third kappa shape index (κ3) is 3.54. The molecule has 1 aromatic carbocycles. The van der Waals surface area contributed by atoms with E-state index in [0.717, 1.165) is 5.56 Å². The number of ether oxygens (including phenoxy) is 2. The summed E-state index contributed by atoms with van der Waals surface area (Å²) in [7, 11) is 1.54. The Morgan fingerprint density at radius 3 is 2.71 bits per heavy atom. The van der Waals surface area contributed by atoms with Crippen molar-refractivity contribution in [1.29, 1.82) is 0 Å². The third-order valence-corrected chi connectivity index (χ3v) is 3.88. The number of benzene rings is 1. The van der Waals surface area contributed by atoms with Crippen LogP contribution in [0.2, 0.25) is 0 Å². The van der Waals surface area contributed by atoms with Gasteiger partial charge in [0.05, 0.1) is 5.69 Å². The fourth-order valence-corrected chi connectivity index (χ4v) is 2.67. The van der Waals surface area contributed by atoms with Crippen LogP contribution in [0.5, 0.6) is 5.75 Å². The lowest BCUT2D eigenvalue weighted by atomic mass is 10.1. The van der Waals surface area contributed by atoms with Gasteiger partial charge < -0.3 is 9.47 Å². The van der Waals surface area contributed by atoms with Crippen LogP contribution in [0.1, 0.15) is 17.7 Å². The molecule has 126 valence electrons. The second kappa shape index (κ2) is 7.40. The first-order chi connectivity index (χ1) is 11.7. The van der Waals surface area contributed by atoms with E-state index in [9.17, 15) is 9.18 Å². The van der Waals surface area contributed by atoms with Crippen molar-refractivity contribution < 1.29 is 18.7 Å². The van der Waals surface area contributed by atoms with Crippen LogP contribution in [-0.4, -0.2) is 37.5 Å². The van der Waals surface area contributed by atoms with E-state index in [1.54, 1.807) is 19.2 Å². The van der Waals surface area contributed by atoms with E-state index < -0.39 is 12.1 Å². The normalized spacial score (nSPS) is 17.3. The second-order valence-electron chi connectivity index (χ2n) is 5.57. The fourth-order valence-electron chi connectivity index (χ4n) is 2.67. The molecule has 1 unspecified atom stereocenters. The van der Waals surface area contributed by atoms with E-state index in [2.05, 4.69) is 4.98 Å². The minimum absolute atomic E-state index is 0.109. The van der Waals surface area contributed by atoms with Gasteiger partial charge >= 0.3 is 0 Å². The number of hydrogen-bond acceptors (Lipinski definition) is 4. The molecule has 0 radical (unpaired) electrons. The van der Waals surface area contributed by atoms with Gasteiger partial charge in [0.1, 0.15) is 11.6 Å². The molecule has 0 N–H and O–H groups in total. The molecule has 0 aliphatic carbocycles. The van der Waals surface area contributed by atoms with Crippen LogP contribution in [-0.2, 0) is 16.0 Å². The molecule has 6 heteroatoms. The smallest absolute Gasteiger partial charge is 0.262 e. The lowest BCUT2D eigenvalue weighted by molar-refractivity contribution is -0.121. The summed E-state index contributed by atoms with van der Waals surface area (Å²) in [5.74, 6) is 0.516. The number of methoxy groups -OCH3 is 1. The minimum Gasteiger partial charge on any atom is -0.466 e. The number of alkyl halides is 1. The second-order valence-corrected chi connectivity index (χ2v) is 5.57. The summed E-state index contributed by atoms with van der Waals surface area (Å²) >= 11 is 0. The molecule has 1 aliphatic heterocycles. The maximum absolute atomic E-state index is 13.5. The van der Waals surface area contributed by atoms with E-state index in [4.69, 9.17) is 9.47 Å². The molecule has 5 nitrogen and oxygen atoms in total. The van der Waals surface area contributed by atoms with Crippen LogP contribution >= 0.6 is 0 Å². The number of nitrogens with zero attached hydrogens (tertiary/aromatic N) is 2. The number of aromatic nitrogens is 1. The lowest BCUT2D eigenvalue weighted by Gasteiger charge is -2.17. The van der Waals surface area contributed by atoms with Gasteiger partial charge in [-0.2, -0.15) is 0 Å². The van der Waals surface area contributed by atoms with Gasteiger partial charge in [-0.15, -0.1) is 0 Å². The molecule has 0 spiro atoms. The summed E-state index contributed by atoms with van der Waals surface area (Å²) in [5, 5.41) is 0. The quantitative estimate of drug-likeness (QED) is 0.764. The van der Waals surface area contributed by atoms with Gasteiger partial charge in [-0.3, -0.25) is 9.69 Å². The Morgan fingerprint density at radius 1 is 1.25 bits per heavy atom. The lowest BCUT2D eigenvalue weighted by Crippen LogP contribution is -2.28. The van der Waals surface area contributed by atoms with Crippen molar-refractivity contribution in [2.75, 3.05) is 25.3 Å². The zero-order valence-electron chi connectivity index (χ0n) is 13.4. The molecule has 2 heterocycles. The highest BCUT2D eigenvalue weighted by Crippen LogP contribution is 2.27. The third-order valence-electron chi connectivity index (χ3n) is 3.88. The first kappa shape index (κ1) is 16.4. The van der Waals surface area contributed by atoms with Crippen molar-refractivity contribution in [3.05, 3.63) is 53.7 Å². The van der Waals surface area contributed by atoms with Gasteiger partial charge in [-0.1, -0.05) is 30.3 Å². The van der Waals surface area contributed by atoms with Gasteiger partial charge in [-0.05, 0) is 17.7 Å². The molecule has 3 rings (SSSR count). The number of anilines is 1. The number of carbonyl (C=O) groups excluding carboxylic acids is 1. The van der Waals surface area contributed by atoms with Crippen LogP contribution < -0.4 is 9.64 Å². The molecule has 24 heavy (non-hydrogen) atoms. The SMILES string of the molecule is COCOc1ccc(N2CCC(F)C2=O)nc1Cc1ccccc1. The number of rotatable bonds is 6. The standard InChI is InChI=1S/C18H19FN2O3/c1-23-12-24-16-7-8-17(21-10-9-14(19)18(21)22)20-15(16)11-13-5-3-2-4-6-13/h2-8,14H,9-12H2,1H3. The molecule has 1 aromatic heterocycles. The number of hydrogen-bond donors (Lipinski definition) is 0. The average molecular weight is 330 g/mol. The number of amides is 1. The number of halogens is 1. The molecular formula is C18H19FN2O3. The van der Waals surface area contributed by atoms with Crippen LogP contribution in [0.25, 0.3) is 0 Å². The minimum atomic E-state index is -1.44. The maximum atomic E-state index is 13.5. The van der Waals surface area contributed by atoms with E-state index in [0.29, 0.717) is 30.2 Å². The molecule has 1 atom stereocenters. The topological polar surface area (TPSA) is 51.7 Å². The zero-order chi connectivity index (χ0) is 16.9. The Morgan fingerprint density at radius 2 is 2.04 bits per heavy atom. The van der Waals surface area contributed by atoms with Crippen LogP contribution in [0.3, 0.4) is 0 Å². The Bertz CT molecular complexity index is 709. The fraction of sp³-hybridized carbons (Fsp3) is 0.333. The molecular weight excluding hydrogens is 311 g/mol. The van der Waals surface area contributed by atoms with Gasteiger partial charge in [0.15, 0.2) is 13.0 Å². The summed E-state index contributed by atoms with van der Waals surface area (Å²) in [4.78, 5) is 17.8.